The highest BCUT2D eigenvalue weighted by molar-refractivity contribution is 7.89. The van der Waals surface area contributed by atoms with Gasteiger partial charge >= 0.3 is 0 Å². The number of sulfonamides is 1. The Hall–Kier alpha value is -1.71. The molecule has 0 unspecified atom stereocenters. The summed E-state index contributed by atoms with van der Waals surface area (Å²) in [5.41, 5.74) is 7.01. The van der Waals surface area contributed by atoms with E-state index in [1.807, 2.05) is 0 Å². The summed E-state index contributed by atoms with van der Waals surface area (Å²) in [7, 11) is -3.65. The first-order valence-electron chi connectivity index (χ1n) is 6.08. The van der Waals surface area contributed by atoms with Crippen LogP contribution in [0.25, 0.3) is 0 Å². The smallest absolute Gasteiger partial charge is 0.244 e. The lowest BCUT2D eigenvalue weighted by Crippen LogP contribution is -2.24. The van der Waals surface area contributed by atoms with Gasteiger partial charge in [-0.15, -0.1) is 0 Å². The van der Waals surface area contributed by atoms with Gasteiger partial charge < -0.3 is 10.3 Å². The molecule has 110 valence electrons. The molecule has 0 saturated carbocycles. The van der Waals surface area contributed by atoms with Gasteiger partial charge in [0, 0.05) is 12.6 Å². The number of aryl methyl sites for hydroxylation is 1. The van der Waals surface area contributed by atoms with Crippen molar-refractivity contribution >= 4 is 10.0 Å². The Morgan fingerprint density at radius 1 is 1.45 bits per heavy atom. The van der Waals surface area contributed by atoms with Gasteiger partial charge in [-0.25, -0.2) is 13.1 Å². The van der Waals surface area contributed by atoms with E-state index in [1.54, 1.807) is 24.6 Å². The Morgan fingerprint density at radius 2 is 2.20 bits per heavy atom. The molecule has 2 rings (SSSR count). The second-order valence-corrected chi connectivity index (χ2v) is 6.03. The van der Waals surface area contributed by atoms with Crippen molar-refractivity contribution in [1.82, 2.24) is 19.7 Å². The molecule has 3 N–H and O–H groups in total. The van der Waals surface area contributed by atoms with Crippen LogP contribution in [0.2, 0.25) is 0 Å². The van der Waals surface area contributed by atoms with Crippen LogP contribution in [-0.4, -0.2) is 29.9 Å². The molecular formula is C11H17N5O3S. The Labute approximate surface area is 117 Å². The van der Waals surface area contributed by atoms with Gasteiger partial charge in [0.15, 0.2) is 0 Å². The molecule has 0 saturated heterocycles. The minimum Gasteiger partial charge on any atom is -0.364 e. The summed E-state index contributed by atoms with van der Waals surface area (Å²) in [6, 6.07) is 1.60. The molecule has 2 aromatic heterocycles. The number of hydrogen-bond acceptors (Lipinski definition) is 6. The third kappa shape index (κ3) is 2.89. The van der Waals surface area contributed by atoms with Crippen LogP contribution in [0.1, 0.15) is 17.1 Å². The molecule has 2 aromatic rings. The topological polar surface area (TPSA) is 116 Å². The lowest BCUT2D eigenvalue weighted by Gasteiger charge is -2.06. The summed E-state index contributed by atoms with van der Waals surface area (Å²) < 4.78 is 33.4. The van der Waals surface area contributed by atoms with Crippen molar-refractivity contribution in [3.63, 3.8) is 0 Å². The molecule has 0 atom stereocenters. The van der Waals surface area contributed by atoms with Crippen molar-refractivity contribution in [2.45, 2.75) is 31.8 Å². The summed E-state index contributed by atoms with van der Waals surface area (Å²) >= 11 is 0. The third-order valence-electron chi connectivity index (χ3n) is 2.86. The maximum atomic E-state index is 12.3. The van der Waals surface area contributed by atoms with Gasteiger partial charge in [0.05, 0.1) is 30.2 Å². The predicted molar refractivity (Wildman–Crippen MR) is 71.3 cm³/mol. The second kappa shape index (κ2) is 5.73. The van der Waals surface area contributed by atoms with Crippen molar-refractivity contribution in [3.8, 4) is 0 Å². The lowest BCUT2D eigenvalue weighted by atomic mass is 10.4. The fraction of sp³-hybridized carbons (Fsp3) is 0.455. The molecule has 0 bridgehead atoms. The van der Waals surface area contributed by atoms with E-state index < -0.39 is 10.0 Å². The van der Waals surface area contributed by atoms with E-state index in [1.165, 1.54) is 6.26 Å². The van der Waals surface area contributed by atoms with Gasteiger partial charge in [-0.1, -0.05) is 5.16 Å². The quantitative estimate of drug-likeness (QED) is 0.771. The maximum Gasteiger partial charge on any atom is 0.244 e. The highest BCUT2D eigenvalue weighted by Crippen LogP contribution is 2.19. The van der Waals surface area contributed by atoms with E-state index >= 15 is 0 Å². The summed E-state index contributed by atoms with van der Waals surface area (Å²) in [5, 5.41) is 7.85. The summed E-state index contributed by atoms with van der Waals surface area (Å²) in [6.07, 6.45) is 1.39. The molecule has 0 amide bonds. The fourth-order valence-corrected chi connectivity index (χ4v) is 3.39. The summed E-state index contributed by atoms with van der Waals surface area (Å²) in [5.74, 6) is 0. The molecule has 2 heterocycles. The Morgan fingerprint density at radius 3 is 2.80 bits per heavy atom. The first-order valence-corrected chi connectivity index (χ1v) is 7.57. The highest BCUT2D eigenvalue weighted by atomic mass is 32.2. The van der Waals surface area contributed by atoms with E-state index in [9.17, 15) is 8.42 Å². The minimum absolute atomic E-state index is 0.0692. The minimum atomic E-state index is -3.65. The van der Waals surface area contributed by atoms with Gasteiger partial charge in [-0.2, -0.15) is 5.10 Å². The number of nitrogens with two attached hydrogens (primary N) is 1. The van der Waals surface area contributed by atoms with Crippen LogP contribution < -0.4 is 10.5 Å². The standard InChI is InChI=1S/C11H17N5O3S/c1-8-11(9(2)16(14-8)5-4-12)20(17,18)13-7-10-3-6-19-15-10/h3,6,13H,4-5,7,12H2,1-2H3. The van der Waals surface area contributed by atoms with Crippen LogP contribution in [0.15, 0.2) is 21.7 Å². The average molecular weight is 299 g/mol. The zero-order chi connectivity index (χ0) is 14.8. The zero-order valence-electron chi connectivity index (χ0n) is 11.3. The first kappa shape index (κ1) is 14.7. The molecule has 0 aliphatic rings. The van der Waals surface area contributed by atoms with E-state index in [0.29, 0.717) is 30.2 Å². The average Bonchev–Trinajstić information content (AvgIpc) is 2.97. The van der Waals surface area contributed by atoms with Crippen LogP contribution in [0, 0.1) is 13.8 Å². The molecule has 0 spiro atoms. The number of hydrogen-bond donors (Lipinski definition) is 2. The Kier molecular flexibility index (Phi) is 4.21. The number of aromatic nitrogens is 3. The van der Waals surface area contributed by atoms with E-state index in [2.05, 4.69) is 19.5 Å². The van der Waals surface area contributed by atoms with Gasteiger partial charge in [0.2, 0.25) is 10.0 Å². The molecule has 0 aromatic carbocycles. The SMILES string of the molecule is Cc1nn(CCN)c(C)c1S(=O)(=O)NCc1ccon1. The first-order chi connectivity index (χ1) is 9.45. The Bertz CT molecular complexity index is 675. The monoisotopic (exact) mass is 299 g/mol. The molecule has 0 radical (unpaired) electrons. The molecule has 0 fully saturated rings. The number of nitrogens with one attached hydrogen (secondary N) is 1. The maximum absolute atomic E-state index is 12.3. The van der Waals surface area contributed by atoms with Crippen molar-refractivity contribution in [1.29, 1.82) is 0 Å². The molecule has 0 aliphatic carbocycles. The van der Waals surface area contributed by atoms with Gasteiger partial charge in [-0.3, -0.25) is 4.68 Å². The van der Waals surface area contributed by atoms with E-state index in [0.717, 1.165) is 0 Å². The normalized spacial score (nSPS) is 11.9. The van der Waals surface area contributed by atoms with Gasteiger partial charge in [0.25, 0.3) is 0 Å². The molecular weight excluding hydrogens is 282 g/mol. The van der Waals surface area contributed by atoms with E-state index in [4.69, 9.17) is 5.73 Å². The van der Waals surface area contributed by atoms with E-state index in [-0.39, 0.29) is 11.4 Å². The van der Waals surface area contributed by atoms with Crippen LogP contribution in [0.4, 0.5) is 0 Å². The van der Waals surface area contributed by atoms with Crippen LogP contribution in [0.3, 0.4) is 0 Å². The Balaban J connectivity index is 2.25. The summed E-state index contributed by atoms with van der Waals surface area (Å²) in [6.45, 7) is 4.31. The van der Waals surface area contributed by atoms with Crippen LogP contribution in [-0.2, 0) is 23.1 Å². The second-order valence-electron chi connectivity index (χ2n) is 4.33. The van der Waals surface area contributed by atoms with Crippen LogP contribution >= 0.6 is 0 Å². The molecule has 8 nitrogen and oxygen atoms in total. The van der Waals surface area contributed by atoms with Crippen molar-refractivity contribution in [2.75, 3.05) is 6.54 Å². The van der Waals surface area contributed by atoms with Gasteiger partial charge in [0.1, 0.15) is 11.2 Å². The van der Waals surface area contributed by atoms with Crippen molar-refractivity contribution in [2.24, 2.45) is 5.73 Å². The molecule has 0 aliphatic heterocycles. The number of nitrogens with zero attached hydrogens (tertiary/aromatic N) is 3. The number of rotatable bonds is 6. The third-order valence-corrected chi connectivity index (χ3v) is 4.51. The largest absolute Gasteiger partial charge is 0.364 e. The lowest BCUT2D eigenvalue weighted by molar-refractivity contribution is 0.411. The molecule has 9 heteroatoms. The van der Waals surface area contributed by atoms with Gasteiger partial charge in [-0.05, 0) is 13.8 Å². The predicted octanol–water partition coefficient (Wildman–Crippen LogP) is -0.0749. The zero-order valence-corrected chi connectivity index (χ0v) is 12.1. The fourth-order valence-electron chi connectivity index (χ4n) is 1.98. The molecule has 20 heavy (non-hydrogen) atoms. The van der Waals surface area contributed by atoms with Crippen LogP contribution in [0.5, 0.6) is 0 Å². The summed E-state index contributed by atoms with van der Waals surface area (Å²) in [4.78, 5) is 0.189. The highest BCUT2D eigenvalue weighted by Gasteiger charge is 2.24. The van der Waals surface area contributed by atoms with Crippen molar-refractivity contribution in [3.05, 3.63) is 29.4 Å². The van der Waals surface area contributed by atoms with Crippen molar-refractivity contribution < 1.29 is 12.9 Å².